The average Bonchev–Trinajstić information content (AvgIpc) is 3.10. The third-order valence-corrected chi connectivity index (χ3v) is 6.77. The van der Waals surface area contributed by atoms with Crippen molar-refractivity contribution in [2.45, 2.75) is 4.21 Å². The van der Waals surface area contributed by atoms with Crippen LogP contribution in [0.1, 0.15) is 15.9 Å². The fourth-order valence-corrected chi connectivity index (χ4v) is 5.11. The molecule has 0 aliphatic heterocycles. The molecule has 142 valence electrons. The van der Waals surface area contributed by atoms with Crippen molar-refractivity contribution >= 4 is 39.1 Å². The fraction of sp³-hybridized carbons (Fsp3) is 0.0476. The molecular formula is C21H13N3O3S2. The van der Waals surface area contributed by atoms with Gasteiger partial charge in [-0.05, 0) is 11.1 Å². The summed E-state index contributed by atoms with van der Waals surface area (Å²) in [7, 11) is 0. The van der Waals surface area contributed by atoms with E-state index in [2.05, 4.69) is 9.97 Å². The topological polar surface area (TPSA) is 107 Å². The molecule has 0 saturated heterocycles. The van der Waals surface area contributed by atoms with Gasteiger partial charge >= 0.3 is 5.69 Å². The van der Waals surface area contributed by atoms with Crippen LogP contribution in [-0.2, 0) is 0 Å². The molecule has 8 heteroatoms. The second-order valence-corrected chi connectivity index (χ2v) is 8.41. The number of ketones is 1. The Labute approximate surface area is 172 Å². The van der Waals surface area contributed by atoms with Crippen LogP contribution in [0.2, 0.25) is 0 Å². The van der Waals surface area contributed by atoms with Gasteiger partial charge < -0.3 is 4.98 Å². The number of nitriles is 1. The van der Waals surface area contributed by atoms with E-state index >= 15 is 0 Å². The Hall–Kier alpha value is -3.41. The van der Waals surface area contributed by atoms with E-state index in [1.807, 2.05) is 48.5 Å². The predicted octanol–water partition coefficient (Wildman–Crippen LogP) is 3.79. The second-order valence-electron chi connectivity index (χ2n) is 6.14. The maximum absolute atomic E-state index is 12.6. The second kappa shape index (κ2) is 7.91. The van der Waals surface area contributed by atoms with Gasteiger partial charge in [-0.25, -0.2) is 4.79 Å². The molecule has 0 radical (unpaired) electrons. The minimum absolute atomic E-state index is 0.0849. The quantitative estimate of drug-likeness (QED) is 0.378. The van der Waals surface area contributed by atoms with E-state index in [0.717, 1.165) is 22.5 Å². The van der Waals surface area contributed by atoms with Gasteiger partial charge in [0.05, 0.1) is 15.5 Å². The van der Waals surface area contributed by atoms with Gasteiger partial charge in [0.1, 0.15) is 16.3 Å². The van der Waals surface area contributed by atoms with Gasteiger partial charge in [0.15, 0.2) is 5.78 Å². The van der Waals surface area contributed by atoms with E-state index in [-0.39, 0.29) is 27.3 Å². The first kappa shape index (κ1) is 18.9. The SMILES string of the molecule is N#Cc1c(SCC(=O)c2ccc(-c3ccccc3)cc2)sc2c(=O)[nH]c(=O)[nH]c12. The van der Waals surface area contributed by atoms with E-state index in [1.54, 1.807) is 12.1 Å². The number of thioether (sulfide) groups is 1. The Bertz CT molecular complexity index is 1360. The zero-order chi connectivity index (χ0) is 20.4. The average molecular weight is 419 g/mol. The number of carbonyl (C=O) groups is 1. The lowest BCUT2D eigenvalue weighted by Gasteiger charge is -2.04. The summed E-state index contributed by atoms with van der Waals surface area (Å²) in [4.78, 5) is 40.6. The van der Waals surface area contributed by atoms with E-state index < -0.39 is 11.2 Å². The number of aromatic nitrogens is 2. The number of nitrogens with one attached hydrogen (secondary N) is 2. The summed E-state index contributed by atoms with van der Waals surface area (Å²) in [6, 6.07) is 19.3. The molecule has 0 atom stereocenters. The summed E-state index contributed by atoms with van der Waals surface area (Å²) in [5.74, 6) is 0.0345. The van der Waals surface area contributed by atoms with Crippen LogP contribution in [-0.4, -0.2) is 21.5 Å². The number of rotatable bonds is 5. The fourth-order valence-electron chi connectivity index (χ4n) is 2.89. The van der Waals surface area contributed by atoms with Gasteiger partial charge in [0, 0.05) is 5.56 Å². The first-order valence-electron chi connectivity index (χ1n) is 8.57. The van der Waals surface area contributed by atoms with Crippen molar-refractivity contribution in [2.24, 2.45) is 0 Å². The van der Waals surface area contributed by atoms with Gasteiger partial charge in [-0.2, -0.15) is 5.26 Å². The Kier molecular flexibility index (Phi) is 5.16. The molecule has 4 aromatic rings. The molecule has 0 bridgehead atoms. The Morgan fingerprint density at radius 2 is 1.69 bits per heavy atom. The van der Waals surface area contributed by atoms with Crippen molar-refractivity contribution in [3.05, 3.63) is 86.6 Å². The van der Waals surface area contributed by atoms with Crippen molar-refractivity contribution < 1.29 is 4.79 Å². The third-order valence-electron chi connectivity index (χ3n) is 4.31. The van der Waals surface area contributed by atoms with E-state index in [0.29, 0.717) is 9.77 Å². The number of Topliss-reactive ketones (excluding diaryl/α,β-unsaturated/α-hetero) is 1. The molecule has 0 aliphatic carbocycles. The highest BCUT2D eigenvalue weighted by Crippen LogP contribution is 2.35. The van der Waals surface area contributed by atoms with Crippen LogP contribution in [0.5, 0.6) is 0 Å². The molecule has 4 rings (SSSR count). The van der Waals surface area contributed by atoms with E-state index in [4.69, 9.17) is 0 Å². The van der Waals surface area contributed by atoms with Crippen molar-refractivity contribution in [2.75, 3.05) is 5.75 Å². The lowest BCUT2D eigenvalue weighted by atomic mass is 10.0. The van der Waals surface area contributed by atoms with Gasteiger partial charge in [-0.15, -0.1) is 23.1 Å². The van der Waals surface area contributed by atoms with E-state index in [1.165, 1.54) is 11.8 Å². The summed E-state index contributed by atoms with van der Waals surface area (Å²) in [6.07, 6.45) is 0. The molecule has 0 aliphatic rings. The molecule has 2 heterocycles. The number of hydrogen-bond donors (Lipinski definition) is 2. The zero-order valence-electron chi connectivity index (χ0n) is 14.9. The van der Waals surface area contributed by atoms with Crippen LogP contribution in [0.25, 0.3) is 21.3 Å². The highest BCUT2D eigenvalue weighted by Gasteiger charge is 2.17. The maximum Gasteiger partial charge on any atom is 0.326 e. The molecule has 0 spiro atoms. The van der Waals surface area contributed by atoms with Crippen molar-refractivity contribution in [1.29, 1.82) is 5.26 Å². The van der Waals surface area contributed by atoms with Gasteiger partial charge in [-0.1, -0.05) is 54.6 Å². The Balaban J connectivity index is 1.54. The lowest BCUT2D eigenvalue weighted by Crippen LogP contribution is -2.20. The van der Waals surface area contributed by atoms with E-state index in [9.17, 15) is 19.6 Å². The monoisotopic (exact) mass is 419 g/mol. The summed E-state index contributed by atoms with van der Waals surface area (Å²) in [5, 5.41) is 9.43. The lowest BCUT2D eigenvalue weighted by molar-refractivity contribution is 0.102. The largest absolute Gasteiger partial charge is 0.326 e. The van der Waals surface area contributed by atoms with Crippen LogP contribution in [0.4, 0.5) is 0 Å². The number of hydrogen-bond acceptors (Lipinski definition) is 6. The predicted molar refractivity (Wildman–Crippen MR) is 115 cm³/mol. The smallest absolute Gasteiger partial charge is 0.305 e. The molecule has 6 nitrogen and oxygen atoms in total. The standard InChI is InChI=1S/C21H13N3O3S2/c22-10-15-17-18(19(26)24-21(27)23-17)29-20(15)28-11-16(25)14-8-6-13(7-9-14)12-4-2-1-3-5-12/h1-9H,11H2,(H2,23,24,26,27). The summed E-state index contributed by atoms with van der Waals surface area (Å²) in [6.45, 7) is 0. The molecule has 2 N–H and O–H groups in total. The Morgan fingerprint density at radius 1 is 1.00 bits per heavy atom. The first-order chi connectivity index (χ1) is 14.1. The molecule has 29 heavy (non-hydrogen) atoms. The normalized spacial score (nSPS) is 10.7. The number of thiophene rings is 1. The van der Waals surface area contributed by atoms with Crippen LogP contribution < -0.4 is 11.2 Å². The van der Waals surface area contributed by atoms with Gasteiger partial charge in [0.2, 0.25) is 0 Å². The molecule has 0 saturated carbocycles. The summed E-state index contributed by atoms with van der Waals surface area (Å²) >= 11 is 2.28. The van der Waals surface area contributed by atoms with Crippen molar-refractivity contribution in [3.63, 3.8) is 0 Å². The van der Waals surface area contributed by atoms with Crippen molar-refractivity contribution in [1.82, 2.24) is 9.97 Å². The molecule has 0 unspecified atom stereocenters. The minimum Gasteiger partial charge on any atom is -0.305 e. The third kappa shape index (κ3) is 3.78. The van der Waals surface area contributed by atoms with Crippen LogP contribution in [0.3, 0.4) is 0 Å². The van der Waals surface area contributed by atoms with Gasteiger partial charge in [0.25, 0.3) is 5.56 Å². The van der Waals surface area contributed by atoms with Crippen LogP contribution in [0.15, 0.2) is 68.4 Å². The highest BCUT2D eigenvalue weighted by atomic mass is 32.2. The number of nitrogens with zero attached hydrogens (tertiary/aromatic N) is 1. The number of benzene rings is 2. The number of H-pyrrole nitrogens is 2. The molecule has 2 aromatic carbocycles. The molecule has 0 fully saturated rings. The minimum atomic E-state index is -0.664. The number of aromatic amines is 2. The summed E-state index contributed by atoms with van der Waals surface area (Å²) in [5.41, 5.74) is 1.89. The van der Waals surface area contributed by atoms with Crippen LogP contribution >= 0.6 is 23.1 Å². The molecule has 0 amide bonds. The maximum atomic E-state index is 12.6. The highest BCUT2D eigenvalue weighted by molar-refractivity contribution is 8.02. The van der Waals surface area contributed by atoms with Crippen molar-refractivity contribution in [3.8, 4) is 17.2 Å². The number of fused-ring (bicyclic) bond motifs is 1. The Morgan fingerprint density at radius 3 is 2.38 bits per heavy atom. The molecular weight excluding hydrogens is 406 g/mol. The summed E-state index contributed by atoms with van der Waals surface area (Å²) < 4.78 is 0.799. The van der Waals surface area contributed by atoms with Gasteiger partial charge in [-0.3, -0.25) is 14.6 Å². The van der Waals surface area contributed by atoms with Crippen LogP contribution in [0, 0.1) is 11.3 Å². The first-order valence-corrected chi connectivity index (χ1v) is 10.4. The molecule has 2 aromatic heterocycles. The zero-order valence-corrected chi connectivity index (χ0v) is 16.5. The number of carbonyl (C=O) groups excluding carboxylic acids is 1.